The predicted octanol–water partition coefficient (Wildman–Crippen LogP) is 3.57. The lowest BCUT2D eigenvalue weighted by atomic mass is 9.92. The molecule has 0 radical (unpaired) electrons. The molecule has 2 rings (SSSR count). The van der Waals surface area contributed by atoms with Gasteiger partial charge in [-0.05, 0) is 32.3 Å². The molecule has 2 aliphatic rings. The summed E-state index contributed by atoms with van der Waals surface area (Å²) in [6.45, 7) is 12.7. The highest BCUT2D eigenvalue weighted by Gasteiger charge is 2.36. The van der Waals surface area contributed by atoms with Crippen LogP contribution in [0.5, 0.6) is 0 Å². The van der Waals surface area contributed by atoms with Gasteiger partial charge >= 0.3 is 0 Å². The number of carbonyl (C=O) groups is 3. The minimum Gasteiger partial charge on any atom is -0.492 e. The van der Waals surface area contributed by atoms with Gasteiger partial charge in [-0.3, -0.25) is 14.4 Å². The Morgan fingerprint density at radius 3 is 2.49 bits per heavy atom. The first-order chi connectivity index (χ1) is 17.8. The van der Waals surface area contributed by atoms with E-state index in [4.69, 9.17) is 4.74 Å². The van der Waals surface area contributed by atoms with E-state index in [1.54, 1.807) is 25.2 Å². The molecule has 8 heteroatoms. The van der Waals surface area contributed by atoms with Gasteiger partial charge in [-0.2, -0.15) is 0 Å². The normalized spacial score (nSPS) is 27.0. The number of amides is 3. The zero-order chi connectivity index (χ0) is 27.1. The Bertz CT molecular complexity index is 858. The van der Waals surface area contributed by atoms with Crippen molar-refractivity contribution in [2.45, 2.75) is 95.7 Å². The van der Waals surface area contributed by atoms with Crippen LogP contribution in [0.4, 0.5) is 0 Å². The molecule has 1 heterocycles. The van der Waals surface area contributed by atoms with Gasteiger partial charge in [-0.25, -0.2) is 0 Å². The summed E-state index contributed by atoms with van der Waals surface area (Å²) in [7, 11) is 0. The van der Waals surface area contributed by atoms with Crippen LogP contribution in [0, 0.1) is 0 Å². The summed E-state index contributed by atoms with van der Waals surface area (Å²) < 4.78 is 5.96. The molecule has 4 N–H and O–H groups in total. The molecular weight excluding hydrogens is 468 g/mol. The molecule has 1 aliphatic carbocycles. The molecule has 8 nitrogen and oxygen atoms in total. The molecule has 3 amide bonds. The Balaban J connectivity index is 2.23. The van der Waals surface area contributed by atoms with Crippen molar-refractivity contribution in [1.82, 2.24) is 21.3 Å². The average Bonchev–Trinajstić information content (AvgIpc) is 3.33. The average molecular weight is 515 g/mol. The highest BCUT2D eigenvalue weighted by molar-refractivity contribution is 5.92. The van der Waals surface area contributed by atoms with Crippen LogP contribution >= 0.6 is 0 Å². The van der Waals surface area contributed by atoms with Gasteiger partial charge in [-0.15, -0.1) is 0 Å². The third-order valence-electron chi connectivity index (χ3n) is 7.05. The number of rotatable bonds is 7. The van der Waals surface area contributed by atoms with Crippen LogP contribution in [-0.4, -0.2) is 55.0 Å². The van der Waals surface area contributed by atoms with Crippen LogP contribution in [0.3, 0.4) is 0 Å². The minimum absolute atomic E-state index is 0.147. The number of ether oxygens (including phenoxy) is 1. The molecule has 1 aliphatic heterocycles. The lowest BCUT2D eigenvalue weighted by Crippen LogP contribution is -2.54. The Labute approximate surface area is 222 Å². The van der Waals surface area contributed by atoms with E-state index in [0.717, 1.165) is 56.9 Å². The van der Waals surface area contributed by atoms with E-state index < -0.39 is 12.1 Å². The van der Waals surface area contributed by atoms with Crippen molar-refractivity contribution in [3.8, 4) is 0 Å². The quantitative estimate of drug-likeness (QED) is 0.389. The Kier molecular flexibility index (Phi) is 13.2. The van der Waals surface area contributed by atoms with Crippen molar-refractivity contribution in [2.24, 2.45) is 0 Å². The maximum absolute atomic E-state index is 13.2. The highest BCUT2D eigenvalue weighted by Crippen LogP contribution is 2.32. The summed E-state index contributed by atoms with van der Waals surface area (Å²) in [4.78, 5) is 38.9. The number of allylic oxidation sites excluding steroid dienone is 4. The van der Waals surface area contributed by atoms with Gasteiger partial charge in [-0.1, -0.05) is 76.8 Å². The topological polar surface area (TPSA) is 109 Å². The van der Waals surface area contributed by atoms with Gasteiger partial charge in [0.25, 0.3) is 0 Å². The molecular formula is C29H46N4O4. The van der Waals surface area contributed by atoms with Crippen LogP contribution in [-0.2, 0) is 19.1 Å². The Morgan fingerprint density at radius 1 is 1.05 bits per heavy atom. The molecule has 0 saturated heterocycles. The molecule has 0 aromatic rings. The maximum atomic E-state index is 13.2. The lowest BCUT2D eigenvalue weighted by Gasteiger charge is -2.31. The second-order valence-corrected chi connectivity index (χ2v) is 10.0. The van der Waals surface area contributed by atoms with Crippen LogP contribution < -0.4 is 21.3 Å². The summed E-state index contributed by atoms with van der Waals surface area (Å²) in [6, 6.07) is -1.40. The van der Waals surface area contributed by atoms with Crippen molar-refractivity contribution in [2.75, 3.05) is 19.7 Å². The van der Waals surface area contributed by atoms with Crippen LogP contribution in [0.25, 0.3) is 0 Å². The zero-order valence-electron chi connectivity index (χ0n) is 22.7. The van der Waals surface area contributed by atoms with E-state index in [1.807, 2.05) is 6.08 Å². The van der Waals surface area contributed by atoms with Gasteiger partial charge < -0.3 is 26.0 Å². The Morgan fingerprint density at radius 2 is 1.81 bits per heavy atom. The molecule has 0 aromatic carbocycles. The predicted molar refractivity (Wildman–Crippen MR) is 148 cm³/mol. The zero-order valence-corrected chi connectivity index (χ0v) is 22.7. The first-order valence-corrected chi connectivity index (χ1v) is 13.7. The second kappa shape index (κ2) is 16.1. The number of unbranched alkanes of at least 4 members (excludes halogenated alkanes) is 3. The standard InChI is InChI=1S/C29H46N4O4/c1-5-8-9-10-15-24-28(36)32-22(4)27(35)30-18-13-14-23(6-2)25(7-3)37-20-19-31-29(16-11-12-17-29)21-26(34)33-24/h6-7,13-14,22,24,31H,2-3,5,8-12,15-21H2,1,4H3,(H,30,35)(H,32,36)(H,33,34)/b14-13+,25-23-. The molecule has 37 heavy (non-hydrogen) atoms. The van der Waals surface area contributed by atoms with Crippen molar-refractivity contribution < 1.29 is 19.1 Å². The van der Waals surface area contributed by atoms with Crippen molar-refractivity contribution in [1.29, 1.82) is 0 Å². The number of hydrogen-bond donors (Lipinski definition) is 4. The summed E-state index contributed by atoms with van der Waals surface area (Å²) in [5, 5.41) is 12.1. The van der Waals surface area contributed by atoms with E-state index in [0.29, 0.717) is 31.8 Å². The fourth-order valence-corrected chi connectivity index (χ4v) is 4.93. The highest BCUT2D eigenvalue weighted by atomic mass is 16.5. The van der Waals surface area contributed by atoms with Gasteiger partial charge in [0.05, 0.1) is 0 Å². The molecule has 1 saturated carbocycles. The fraction of sp³-hybridized carbons (Fsp3) is 0.621. The van der Waals surface area contributed by atoms with E-state index in [2.05, 4.69) is 41.3 Å². The van der Waals surface area contributed by atoms with E-state index in [-0.39, 0.29) is 29.8 Å². The molecule has 206 valence electrons. The smallest absolute Gasteiger partial charge is 0.243 e. The summed E-state index contributed by atoms with van der Waals surface area (Å²) >= 11 is 0. The summed E-state index contributed by atoms with van der Waals surface area (Å²) in [5.41, 5.74) is 0.441. The van der Waals surface area contributed by atoms with E-state index in [9.17, 15) is 14.4 Å². The first kappa shape index (κ1) is 30.4. The third kappa shape index (κ3) is 10.2. The number of hydrogen-bond acceptors (Lipinski definition) is 5. The van der Waals surface area contributed by atoms with Gasteiger partial charge in [0.15, 0.2) is 0 Å². The molecule has 1 spiro atoms. The fourth-order valence-electron chi connectivity index (χ4n) is 4.93. The van der Waals surface area contributed by atoms with E-state index >= 15 is 0 Å². The summed E-state index contributed by atoms with van der Waals surface area (Å²) in [6.07, 6.45) is 15.7. The molecule has 1 fully saturated rings. The molecule has 0 bridgehead atoms. The molecule has 2 unspecified atom stereocenters. The van der Waals surface area contributed by atoms with Crippen molar-refractivity contribution in [3.05, 3.63) is 48.8 Å². The van der Waals surface area contributed by atoms with Crippen molar-refractivity contribution >= 4 is 17.7 Å². The molecule has 2 atom stereocenters. The third-order valence-corrected chi connectivity index (χ3v) is 7.05. The van der Waals surface area contributed by atoms with Crippen LogP contribution in [0.1, 0.15) is 78.1 Å². The SMILES string of the molecule is C=CC1=C(\C=C)OCCNC2(CCCC2)CC(=O)NC(CCCCCC)C(=O)NC(C)C(=O)NC\C=C\1. The van der Waals surface area contributed by atoms with Gasteiger partial charge in [0.2, 0.25) is 17.7 Å². The van der Waals surface area contributed by atoms with Crippen LogP contribution in [0.15, 0.2) is 48.8 Å². The lowest BCUT2D eigenvalue weighted by molar-refractivity contribution is -0.132. The van der Waals surface area contributed by atoms with Gasteiger partial charge in [0, 0.05) is 30.6 Å². The second-order valence-electron chi connectivity index (χ2n) is 10.0. The minimum atomic E-state index is -0.734. The number of nitrogens with one attached hydrogen (secondary N) is 4. The Hall–Kier alpha value is -2.87. The largest absolute Gasteiger partial charge is 0.492 e. The first-order valence-electron chi connectivity index (χ1n) is 13.7. The van der Waals surface area contributed by atoms with Crippen molar-refractivity contribution in [3.63, 3.8) is 0 Å². The van der Waals surface area contributed by atoms with Gasteiger partial charge in [0.1, 0.15) is 24.4 Å². The van der Waals surface area contributed by atoms with Crippen LogP contribution in [0.2, 0.25) is 0 Å². The summed E-state index contributed by atoms with van der Waals surface area (Å²) in [5.74, 6) is -0.173. The maximum Gasteiger partial charge on any atom is 0.243 e. The number of carbonyl (C=O) groups excluding carboxylic acids is 3. The molecule has 0 aromatic heterocycles. The monoisotopic (exact) mass is 514 g/mol. The van der Waals surface area contributed by atoms with E-state index in [1.165, 1.54) is 0 Å².